The summed E-state index contributed by atoms with van der Waals surface area (Å²) in [6.45, 7) is 6.37. The highest BCUT2D eigenvalue weighted by molar-refractivity contribution is 5.94. The molecule has 3 aromatic carbocycles. The van der Waals surface area contributed by atoms with E-state index in [0.29, 0.717) is 32.0 Å². The molecule has 1 aliphatic rings. The molecule has 0 radical (unpaired) electrons. The van der Waals surface area contributed by atoms with Crippen molar-refractivity contribution in [2.75, 3.05) is 31.1 Å². The van der Waals surface area contributed by atoms with Crippen molar-refractivity contribution in [1.29, 1.82) is 0 Å². The topological polar surface area (TPSA) is 49.3 Å². The van der Waals surface area contributed by atoms with Gasteiger partial charge in [-0.2, -0.15) is 0 Å². The van der Waals surface area contributed by atoms with Crippen LogP contribution in [0.1, 0.15) is 32.7 Å². The Hall–Kier alpha value is -4.06. The van der Waals surface area contributed by atoms with E-state index in [2.05, 4.69) is 36.1 Å². The van der Waals surface area contributed by atoms with Gasteiger partial charge in [0.2, 0.25) is 0 Å². The van der Waals surface area contributed by atoms with Crippen LogP contribution in [-0.4, -0.2) is 47.0 Å². The number of hydrogen-bond donors (Lipinski definition) is 0. The zero-order valence-corrected chi connectivity index (χ0v) is 20.6. The molecule has 4 aromatic rings. The van der Waals surface area contributed by atoms with E-state index in [1.54, 1.807) is 23.1 Å². The summed E-state index contributed by atoms with van der Waals surface area (Å²) in [4.78, 5) is 26.8. The minimum absolute atomic E-state index is 0.121. The number of carbonyl (C=O) groups is 1. The number of carbonyl (C=O) groups excluding carboxylic acids is 1. The number of aryl methyl sites for hydroxylation is 2. The van der Waals surface area contributed by atoms with Crippen LogP contribution in [0.2, 0.25) is 0 Å². The van der Waals surface area contributed by atoms with E-state index in [0.717, 1.165) is 29.1 Å². The van der Waals surface area contributed by atoms with Crippen LogP contribution in [0.4, 0.5) is 10.2 Å². The lowest BCUT2D eigenvalue weighted by Gasteiger charge is -2.36. The summed E-state index contributed by atoms with van der Waals surface area (Å²) in [5.41, 5.74) is 5.56. The van der Waals surface area contributed by atoms with Crippen molar-refractivity contribution in [2.24, 2.45) is 0 Å². The molecule has 0 saturated carbocycles. The van der Waals surface area contributed by atoms with Gasteiger partial charge in [0.05, 0.1) is 5.56 Å². The molecule has 0 spiro atoms. The first kappa shape index (κ1) is 23.7. The van der Waals surface area contributed by atoms with Crippen LogP contribution in [0.25, 0.3) is 11.4 Å². The summed E-state index contributed by atoms with van der Waals surface area (Å²) in [6.07, 6.45) is 0.728. The third-order valence-corrected chi connectivity index (χ3v) is 6.66. The van der Waals surface area contributed by atoms with E-state index in [1.165, 1.54) is 17.2 Å². The largest absolute Gasteiger partial charge is 0.353 e. The van der Waals surface area contributed by atoms with E-state index in [1.807, 2.05) is 37.3 Å². The number of nitrogens with zero attached hydrogens (tertiary/aromatic N) is 4. The number of hydrogen-bond acceptors (Lipinski definition) is 4. The van der Waals surface area contributed by atoms with E-state index in [9.17, 15) is 9.18 Å². The van der Waals surface area contributed by atoms with Crippen molar-refractivity contribution < 1.29 is 9.18 Å². The minimum Gasteiger partial charge on any atom is -0.353 e. The summed E-state index contributed by atoms with van der Waals surface area (Å²) in [6, 6.07) is 24.7. The number of piperazine rings is 1. The first-order valence-corrected chi connectivity index (χ1v) is 12.3. The molecule has 1 aromatic heterocycles. The zero-order valence-electron chi connectivity index (χ0n) is 20.6. The number of halogens is 1. The third-order valence-electron chi connectivity index (χ3n) is 6.66. The fourth-order valence-electron chi connectivity index (χ4n) is 4.72. The molecule has 1 aliphatic heterocycles. The number of rotatable bonds is 5. The van der Waals surface area contributed by atoms with Gasteiger partial charge in [0, 0.05) is 49.4 Å². The molecule has 36 heavy (non-hydrogen) atoms. The molecule has 0 atom stereocenters. The maximum absolute atomic E-state index is 14.2. The summed E-state index contributed by atoms with van der Waals surface area (Å²) >= 11 is 0. The van der Waals surface area contributed by atoms with Crippen LogP contribution in [0.5, 0.6) is 0 Å². The van der Waals surface area contributed by atoms with Crippen molar-refractivity contribution in [3.8, 4) is 11.4 Å². The SMILES string of the molecule is Cc1cccc(Cc2c(C)nc(-c3ccccc3)nc2N2CCN(C(=O)c3ccccc3F)CC2)c1. The third kappa shape index (κ3) is 4.98. The zero-order chi connectivity index (χ0) is 25.1. The van der Waals surface area contributed by atoms with Crippen LogP contribution in [0.15, 0.2) is 78.9 Å². The highest BCUT2D eigenvalue weighted by Crippen LogP contribution is 2.29. The molecule has 1 amide bonds. The molecule has 0 aliphatic carbocycles. The number of benzene rings is 3. The molecule has 5 nitrogen and oxygen atoms in total. The summed E-state index contributed by atoms with van der Waals surface area (Å²) in [7, 11) is 0. The van der Waals surface area contributed by atoms with Crippen molar-refractivity contribution in [3.63, 3.8) is 0 Å². The summed E-state index contributed by atoms with van der Waals surface area (Å²) in [5, 5.41) is 0. The van der Waals surface area contributed by atoms with E-state index < -0.39 is 5.82 Å². The Morgan fingerprint density at radius 2 is 1.58 bits per heavy atom. The molecular weight excluding hydrogens is 451 g/mol. The Bertz CT molecular complexity index is 1380. The molecule has 0 unspecified atom stereocenters. The molecular formula is C30H29FN4O. The van der Waals surface area contributed by atoms with Gasteiger partial charge in [-0.05, 0) is 31.5 Å². The van der Waals surface area contributed by atoms with Gasteiger partial charge in [-0.15, -0.1) is 0 Å². The molecule has 1 fully saturated rings. The van der Waals surface area contributed by atoms with Gasteiger partial charge in [0.15, 0.2) is 5.82 Å². The molecule has 5 rings (SSSR count). The van der Waals surface area contributed by atoms with Gasteiger partial charge in [0.1, 0.15) is 11.6 Å². The smallest absolute Gasteiger partial charge is 0.256 e. The van der Waals surface area contributed by atoms with E-state index in [-0.39, 0.29) is 11.5 Å². The summed E-state index contributed by atoms with van der Waals surface area (Å²) in [5.74, 6) is 0.850. The lowest BCUT2D eigenvalue weighted by Crippen LogP contribution is -2.49. The highest BCUT2D eigenvalue weighted by atomic mass is 19.1. The van der Waals surface area contributed by atoms with Crippen molar-refractivity contribution in [3.05, 3.63) is 113 Å². The van der Waals surface area contributed by atoms with Gasteiger partial charge < -0.3 is 9.80 Å². The predicted octanol–water partition coefficient (Wildman–Crippen LogP) is 5.45. The monoisotopic (exact) mass is 480 g/mol. The second-order valence-corrected chi connectivity index (χ2v) is 9.23. The average molecular weight is 481 g/mol. The number of aromatic nitrogens is 2. The number of amides is 1. The standard InChI is InChI=1S/C30H29FN4O/c1-21-9-8-10-23(19-21)20-26-22(2)32-28(24-11-4-3-5-12-24)33-29(26)34-15-17-35(18-16-34)30(36)25-13-6-7-14-27(25)31/h3-14,19H,15-18,20H2,1-2H3. The molecule has 6 heteroatoms. The lowest BCUT2D eigenvalue weighted by molar-refractivity contribution is 0.0741. The Morgan fingerprint density at radius 3 is 2.31 bits per heavy atom. The fourth-order valence-corrected chi connectivity index (χ4v) is 4.72. The normalized spacial score (nSPS) is 13.6. The Kier molecular flexibility index (Phi) is 6.76. The second kappa shape index (κ2) is 10.3. The molecule has 2 heterocycles. The van der Waals surface area contributed by atoms with Gasteiger partial charge in [0.25, 0.3) is 5.91 Å². The molecule has 182 valence electrons. The van der Waals surface area contributed by atoms with Crippen molar-refractivity contribution in [1.82, 2.24) is 14.9 Å². The molecule has 0 bridgehead atoms. The van der Waals surface area contributed by atoms with Crippen LogP contribution in [-0.2, 0) is 6.42 Å². The van der Waals surface area contributed by atoms with Gasteiger partial charge in [-0.25, -0.2) is 14.4 Å². The Labute approximate surface area is 211 Å². The van der Waals surface area contributed by atoms with E-state index >= 15 is 0 Å². The van der Waals surface area contributed by atoms with Crippen LogP contribution in [0.3, 0.4) is 0 Å². The maximum atomic E-state index is 14.2. The summed E-state index contributed by atoms with van der Waals surface area (Å²) < 4.78 is 14.2. The van der Waals surface area contributed by atoms with Gasteiger partial charge in [-0.3, -0.25) is 4.79 Å². The maximum Gasteiger partial charge on any atom is 0.256 e. The predicted molar refractivity (Wildman–Crippen MR) is 141 cm³/mol. The lowest BCUT2D eigenvalue weighted by atomic mass is 10.0. The Balaban J connectivity index is 1.45. The minimum atomic E-state index is -0.482. The van der Waals surface area contributed by atoms with Crippen molar-refractivity contribution in [2.45, 2.75) is 20.3 Å². The Morgan fingerprint density at radius 1 is 0.861 bits per heavy atom. The second-order valence-electron chi connectivity index (χ2n) is 9.23. The van der Waals surface area contributed by atoms with Crippen molar-refractivity contribution >= 4 is 11.7 Å². The molecule has 0 N–H and O–H groups in total. The first-order chi connectivity index (χ1) is 17.5. The van der Waals surface area contributed by atoms with Gasteiger partial charge in [-0.1, -0.05) is 72.3 Å². The van der Waals surface area contributed by atoms with Crippen LogP contribution in [0, 0.1) is 19.7 Å². The number of anilines is 1. The molecule has 1 saturated heterocycles. The van der Waals surface area contributed by atoms with E-state index in [4.69, 9.17) is 9.97 Å². The highest BCUT2D eigenvalue weighted by Gasteiger charge is 2.27. The fraction of sp³-hybridized carbons (Fsp3) is 0.233. The van der Waals surface area contributed by atoms with Crippen LogP contribution < -0.4 is 4.90 Å². The average Bonchev–Trinajstić information content (AvgIpc) is 2.90. The van der Waals surface area contributed by atoms with Crippen LogP contribution >= 0.6 is 0 Å². The quantitative estimate of drug-likeness (QED) is 0.381. The van der Waals surface area contributed by atoms with Gasteiger partial charge >= 0.3 is 0 Å². The first-order valence-electron chi connectivity index (χ1n) is 12.3.